The third-order valence-electron chi connectivity index (χ3n) is 4.36. The van der Waals surface area contributed by atoms with Crippen molar-refractivity contribution in [2.75, 3.05) is 35.2 Å². The standard InChI is InChI=1S/C20H25N3O/c1-15(2)16-8-3-4-9-17(16)22-20(24)14-23-13-7-12-21-18-10-5-6-11-19(18)23/h3-6,8-11,15,21H,7,12-14H2,1-2H3,(H,22,24). The van der Waals surface area contributed by atoms with Gasteiger partial charge in [0.2, 0.25) is 5.91 Å². The minimum Gasteiger partial charge on any atom is -0.383 e. The highest BCUT2D eigenvalue weighted by Crippen LogP contribution is 2.28. The molecule has 1 amide bonds. The fourth-order valence-corrected chi connectivity index (χ4v) is 3.15. The topological polar surface area (TPSA) is 44.4 Å². The molecule has 126 valence electrons. The number of benzene rings is 2. The minimum atomic E-state index is 0.0276. The number of fused-ring (bicyclic) bond motifs is 1. The minimum absolute atomic E-state index is 0.0276. The van der Waals surface area contributed by atoms with E-state index in [0.29, 0.717) is 12.5 Å². The van der Waals surface area contributed by atoms with Gasteiger partial charge in [-0.2, -0.15) is 0 Å². The number of amides is 1. The number of carbonyl (C=O) groups excluding carboxylic acids is 1. The lowest BCUT2D eigenvalue weighted by molar-refractivity contribution is -0.115. The third-order valence-corrected chi connectivity index (χ3v) is 4.36. The summed E-state index contributed by atoms with van der Waals surface area (Å²) in [6, 6.07) is 16.2. The lowest BCUT2D eigenvalue weighted by atomic mass is 10.0. The molecule has 0 bridgehead atoms. The quantitative estimate of drug-likeness (QED) is 0.891. The number of rotatable bonds is 4. The number of carbonyl (C=O) groups is 1. The summed E-state index contributed by atoms with van der Waals surface area (Å²) in [5.74, 6) is 0.407. The Morgan fingerprint density at radius 3 is 2.75 bits per heavy atom. The zero-order valence-electron chi connectivity index (χ0n) is 14.4. The van der Waals surface area contributed by atoms with Crippen LogP contribution in [0.5, 0.6) is 0 Å². The number of anilines is 3. The van der Waals surface area contributed by atoms with Crippen molar-refractivity contribution < 1.29 is 4.79 Å². The van der Waals surface area contributed by atoms with Crippen LogP contribution >= 0.6 is 0 Å². The van der Waals surface area contributed by atoms with E-state index in [9.17, 15) is 4.79 Å². The summed E-state index contributed by atoms with van der Waals surface area (Å²) in [6.07, 6.45) is 1.02. The molecule has 0 fully saturated rings. The normalized spacial score (nSPS) is 13.9. The lowest BCUT2D eigenvalue weighted by Gasteiger charge is -2.24. The van der Waals surface area contributed by atoms with Crippen LogP contribution in [-0.2, 0) is 4.79 Å². The molecule has 2 aromatic carbocycles. The summed E-state index contributed by atoms with van der Waals surface area (Å²) in [4.78, 5) is 14.8. The highest BCUT2D eigenvalue weighted by Gasteiger charge is 2.18. The maximum Gasteiger partial charge on any atom is 0.243 e. The average molecular weight is 323 g/mol. The van der Waals surface area contributed by atoms with Gasteiger partial charge in [0, 0.05) is 18.8 Å². The molecule has 2 N–H and O–H groups in total. The van der Waals surface area contributed by atoms with E-state index in [0.717, 1.165) is 36.6 Å². The lowest BCUT2D eigenvalue weighted by Crippen LogP contribution is -2.34. The van der Waals surface area contributed by atoms with E-state index in [-0.39, 0.29) is 5.91 Å². The Bertz CT molecular complexity index is 712. The molecule has 2 aromatic rings. The van der Waals surface area contributed by atoms with Crippen LogP contribution in [-0.4, -0.2) is 25.5 Å². The zero-order chi connectivity index (χ0) is 16.9. The van der Waals surface area contributed by atoms with Crippen LogP contribution in [0.2, 0.25) is 0 Å². The molecule has 4 heteroatoms. The van der Waals surface area contributed by atoms with Crippen molar-refractivity contribution in [2.45, 2.75) is 26.2 Å². The van der Waals surface area contributed by atoms with Crippen LogP contribution < -0.4 is 15.5 Å². The van der Waals surface area contributed by atoms with Crippen LogP contribution in [0.4, 0.5) is 17.1 Å². The molecule has 1 aliphatic rings. The van der Waals surface area contributed by atoms with Crippen molar-refractivity contribution in [1.29, 1.82) is 0 Å². The van der Waals surface area contributed by atoms with Crippen molar-refractivity contribution in [3.05, 3.63) is 54.1 Å². The Kier molecular flexibility index (Phi) is 5.04. The maximum atomic E-state index is 12.6. The monoisotopic (exact) mass is 323 g/mol. The molecule has 0 saturated heterocycles. The first-order chi connectivity index (χ1) is 11.6. The molecule has 0 spiro atoms. The molecule has 0 aliphatic carbocycles. The van der Waals surface area contributed by atoms with Crippen LogP contribution in [0.1, 0.15) is 31.7 Å². The molecule has 0 atom stereocenters. The first-order valence-electron chi connectivity index (χ1n) is 8.62. The van der Waals surface area contributed by atoms with E-state index < -0.39 is 0 Å². The van der Waals surface area contributed by atoms with Crippen LogP contribution in [0.3, 0.4) is 0 Å². The van der Waals surface area contributed by atoms with Gasteiger partial charge in [-0.05, 0) is 36.1 Å². The van der Waals surface area contributed by atoms with E-state index in [1.807, 2.05) is 30.3 Å². The van der Waals surface area contributed by atoms with Gasteiger partial charge in [-0.15, -0.1) is 0 Å². The fraction of sp³-hybridized carbons (Fsp3) is 0.350. The fourth-order valence-electron chi connectivity index (χ4n) is 3.15. The Morgan fingerprint density at radius 2 is 1.92 bits per heavy atom. The molecule has 3 rings (SSSR count). The van der Waals surface area contributed by atoms with Crippen molar-refractivity contribution in [3.63, 3.8) is 0 Å². The van der Waals surface area contributed by atoms with Crippen molar-refractivity contribution in [3.8, 4) is 0 Å². The summed E-state index contributed by atoms with van der Waals surface area (Å²) in [7, 11) is 0. The largest absolute Gasteiger partial charge is 0.383 e. The summed E-state index contributed by atoms with van der Waals surface area (Å²) in [5.41, 5.74) is 4.29. The van der Waals surface area contributed by atoms with Crippen molar-refractivity contribution >= 4 is 23.0 Å². The second-order valence-electron chi connectivity index (χ2n) is 6.51. The maximum absolute atomic E-state index is 12.6. The summed E-state index contributed by atoms with van der Waals surface area (Å²) in [6.45, 7) is 6.46. The summed E-state index contributed by atoms with van der Waals surface area (Å²) < 4.78 is 0. The van der Waals surface area contributed by atoms with E-state index in [4.69, 9.17) is 0 Å². The van der Waals surface area contributed by atoms with Gasteiger partial charge >= 0.3 is 0 Å². The Balaban J connectivity index is 1.74. The van der Waals surface area contributed by atoms with Gasteiger partial charge in [-0.3, -0.25) is 4.79 Å². The zero-order valence-corrected chi connectivity index (χ0v) is 14.4. The van der Waals surface area contributed by atoms with E-state index in [1.54, 1.807) is 0 Å². The highest BCUT2D eigenvalue weighted by molar-refractivity contribution is 5.95. The van der Waals surface area contributed by atoms with Gasteiger partial charge in [0.05, 0.1) is 17.9 Å². The summed E-state index contributed by atoms with van der Waals surface area (Å²) >= 11 is 0. The number of para-hydroxylation sites is 3. The third kappa shape index (κ3) is 3.70. The van der Waals surface area contributed by atoms with Crippen LogP contribution in [0, 0.1) is 0 Å². The van der Waals surface area contributed by atoms with Gasteiger partial charge in [-0.25, -0.2) is 0 Å². The molecule has 0 aromatic heterocycles. The molecule has 0 unspecified atom stereocenters. The molecule has 0 radical (unpaired) electrons. The Labute approximate surface area is 143 Å². The van der Waals surface area contributed by atoms with Gasteiger partial charge in [-0.1, -0.05) is 44.2 Å². The van der Waals surface area contributed by atoms with Gasteiger partial charge in [0.15, 0.2) is 0 Å². The van der Waals surface area contributed by atoms with Crippen molar-refractivity contribution in [2.24, 2.45) is 0 Å². The van der Waals surface area contributed by atoms with E-state index in [2.05, 4.69) is 47.6 Å². The second kappa shape index (κ2) is 7.39. The smallest absolute Gasteiger partial charge is 0.243 e. The van der Waals surface area contributed by atoms with Gasteiger partial charge in [0.25, 0.3) is 0 Å². The SMILES string of the molecule is CC(C)c1ccccc1NC(=O)CN1CCCNc2ccccc21. The molecule has 0 saturated carbocycles. The second-order valence-corrected chi connectivity index (χ2v) is 6.51. The number of hydrogen-bond acceptors (Lipinski definition) is 3. The predicted octanol–water partition coefficient (Wildman–Crippen LogP) is 4.07. The number of nitrogens with one attached hydrogen (secondary N) is 2. The van der Waals surface area contributed by atoms with Crippen LogP contribution in [0.15, 0.2) is 48.5 Å². The number of hydrogen-bond donors (Lipinski definition) is 2. The molecule has 1 heterocycles. The molecular formula is C20H25N3O. The van der Waals surface area contributed by atoms with E-state index >= 15 is 0 Å². The van der Waals surface area contributed by atoms with Crippen molar-refractivity contribution in [1.82, 2.24) is 0 Å². The molecule has 4 nitrogen and oxygen atoms in total. The first kappa shape index (κ1) is 16.4. The molecule has 24 heavy (non-hydrogen) atoms. The average Bonchev–Trinajstić information content (AvgIpc) is 2.78. The number of nitrogens with zero attached hydrogens (tertiary/aromatic N) is 1. The van der Waals surface area contributed by atoms with Crippen LogP contribution in [0.25, 0.3) is 0 Å². The van der Waals surface area contributed by atoms with E-state index in [1.165, 1.54) is 5.56 Å². The Morgan fingerprint density at radius 1 is 1.17 bits per heavy atom. The van der Waals surface area contributed by atoms with Gasteiger partial charge < -0.3 is 15.5 Å². The first-order valence-corrected chi connectivity index (χ1v) is 8.62. The Hall–Kier alpha value is -2.49. The highest BCUT2D eigenvalue weighted by atomic mass is 16.2. The summed E-state index contributed by atoms with van der Waals surface area (Å²) in [5, 5.41) is 6.52. The van der Waals surface area contributed by atoms with Gasteiger partial charge in [0.1, 0.15) is 0 Å². The molecule has 1 aliphatic heterocycles. The predicted molar refractivity (Wildman–Crippen MR) is 101 cm³/mol. The molecular weight excluding hydrogens is 298 g/mol.